The van der Waals surface area contributed by atoms with Gasteiger partial charge in [0.25, 0.3) is 5.91 Å². The Labute approximate surface area is 140 Å². The predicted molar refractivity (Wildman–Crippen MR) is 87.3 cm³/mol. The number of nitrogens with one attached hydrogen (secondary N) is 1. The molecule has 0 radical (unpaired) electrons. The molecule has 0 unspecified atom stereocenters. The van der Waals surface area contributed by atoms with Crippen molar-refractivity contribution in [1.29, 1.82) is 0 Å². The van der Waals surface area contributed by atoms with Crippen molar-refractivity contribution in [3.63, 3.8) is 0 Å². The van der Waals surface area contributed by atoms with Crippen LogP contribution in [0.2, 0.25) is 0 Å². The van der Waals surface area contributed by atoms with Crippen molar-refractivity contribution in [3.8, 4) is 11.4 Å². The number of carbonyl (C=O) groups excluding carboxylic acids is 1. The zero-order valence-electron chi connectivity index (χ0n) is 12.3. The van der Waals surface area contributed by atoms with E-state index in [1.54, 1.807) is 24.4 Å². The molecule has 2 heterocycles. The molecule has 2 aromatic heterocycles. The number of carbonyl (C=O) groups is 1. The molecule has 1 aromatic carbocycles. The number of anilines is 1. The van der Waals surface area contributed by atoms with Gasteiger partial charge in [-0.1, -0.05) is 12.1 Å². The van der Waals surface area contributed by atoms with E-state index in [4.69, 9.17) is 5.73 Å². The van der Waals surface area contributed by atoms with E-state index in [1.807, 2.05) is 0 Å². The zero-order valence-corrected chi connectivity index (χ0v) is 13.1. The number of benzene rings is 1. The molecule has 8 heteroatoms. The third-order valence-electron chi connectivity index (χ3n) is 3.30. The maximum atomic E-state index is 13.6. The van der Waals surface area contributed by atoms with E-state index in [2.05, 4.69) is 14.7 Å². The number of hydrogen-bond donors (Lipinski definition) is 2. The summed E-state index contributed by atoms with van der Waals surface area (Å²) in [6.45, 7) is -0.0821. The fraction of sp³-hybridized carbons (Fsp3) is 0.0625. The van der Waals surface area contributed by atoms with Crippen molar-refractivity contribution in [2.45, 2.75) is 6.54 Å². The highest BCUT2D eigenvalue weighted by Crippen LogP contribution is 2.29. The molecule has 0 aliphatic heterocycles. The van der Waals surface area contributed by atoms with Crippen molar-refractivity contribution >= 4 is 23.1 Å². The first-order valence-electron chi connectivity index (χ1n) is 6.95. The molecule has 0 aliphatic rings. The maximum absolute atomic E-state index is 13.6. The summed E-state index contributed by atoms with van der Waals surface area (Å²) in [4.78, 5) is 16.6. The van der Waals surface area contributed by atoms with E-state index in [9.17, 15) is 13.6 Å². The SMILES string of the molecule is Nc1c(-c2ccccn2)nsc1C(=O)NCc1ccc(F)cc1F. The van der Waals surface area contributed by atoms with Gasteiger partial charge in [0.2, 0.25) is 0 Å². The van der Waals surface area contributed by atoms with Gasteiger partial charge in [-0.15, -0.1) is 0 Å². The number of halogens is 2. The van der Waals surface area contributed by atoms with Gasteiger partial charge in [-0.05, 0) is 29.7 Å². The van der Waals surface area contributed by atoms with Crippen molar-refractivity contribution in [3.05, 3.63) is 64.7 Å². The van der Waals surface area contributed by atoms with Crippen LogP contribution in [0.5, 0.6) is 0 Å². The Balaban J connectivity index is 1.75. The molecule has 1 amide bonds. The Bertz CT molecular complexity index is 883. The van der Waals surface area contributed by atoms with Gasteiger partial charge in [0.05, 0.1) is 11.4 Å². The molecule has 0 bridgehead atoms. The van der Waals surface area contributed by atoms with Crippen LogP contribution in [0.3, 0.4) is 0 Å². The van der Waals surface area contributed by atoms with E-state index in [1.165, 1.54) is 6.07 Å². The molecule has 0 spiro atoms. The van der Waals surface area contributed by atoms with Crippen LogP contribution in [0, 0.1) is 11.6 Å². The molecule has 3 rings (SSSR count). The molecule has 0 aliphatic carbocycles. The van der Waals surface area contributed by atoms with E-state index in [0.29, 0.717) is 11.4 Å². The Kier molecular flexibility index (Phi) is 4.48. The second-order valence-corrected chi connectivity index (χ2v) is 5.68. The highest BCUT2D eigenvalue weighted by Gasteiger charge is 2.19. The van der Waals surface area contributed by atoms with Gasteiger partial charge < -0.3 is 11.1 Å². The molecule has 122 valence electrons. The first-order chi connectivity index (χ1) is 11.6. The van der Waals surface area contributed by atoms with Crippen LogP contribution < -0.4 is 11.1 Å². The molecule has 0 fully saturated rings. The Morgan fingerprint density at radius 2 is 2.08 bits per heavy atom. The zero-order chi connectivity index (χ0) is 17.1. The second-order valence-electron chi connectivity index (χ2n) is 4.91. The monoisotopic (exact) mass is 346 g/mol. The largest absolute Gasteiger partial charge is 0.396 e. The summed E-state index contributed by atoms with van der Waals surface area (Å²) in [6, 6.07) is 8.46. The minimum atomic E-state index is -0.721. The maximum Gasteiger partial charge on any atom is 0.265 e. The number of pyridine rings is 1. The van der Waals surface area contributed by atoms with Crippen LogP contribution in [-0.4, -0.2) is 15.3 Å². The number of nitrogen functional groups attached to an aromatic ring is 1. The lowest BCUT2D eigenvalue weighted by Crippen LogP contribution is -2.23. The molecule has 0 saturated carbocycles. The number of nitrogens with zero attached hydrogens (tertiary/aromatic N) is 2. The summed E-state index contributed by atoms with van der Waals surface area (Å²) >= 11 is 0.940. The molecule has 3 aromatic rings. The summed E-state index contributed by atoms with van der Waals surface area (Å²) in [5.74, 6) is -1.87. The smallest absolute Gasteiger partial charge is 0.265 e. The first-order valence-corrected chi connectivity index (χ1v) is 7.72. The van der Waals surface area contributed by atoms with Crippen LogP contribution >= 0.6 is 11.5 Å². The Hall–Kier alpha value is -2.87. The lowest BCUT2D eigenvalue weighted by Gasteiger charge is -2.06. The summed E-state index contributed by atoms with van der Waals surface area (Å²) in [5.41, 5.74) is 7.37. The van der Waals surface area contributed by atoms with Crippen LogP contribution in [-0.2, 0) is 6.54 Å². The van der Waals surface area contributed by atoms with Crippen molar-refractivity contribution in [2.24, 2.45) is 0 Å². The van der Waals surface area contributed by atoms with Crippen LogP contribution in [0.15, 0.2) is 42.6 Å². The third kappa shape index (κ3) is 3.23. The molecule has 24 heavy (non-hydrogen) atoms. The predicted octanol–water partition coefficient (Wildman–Crippen LogP) is 3.00. The van der Waals surface area contributed by atoms with Crippen LogP contribution in [0.1, 0.15) is 15.2 Å². The number of aromatic nitrogens is 2. The normalized spacial score (nSPS) is 10.6. The molecule has 0 atom stereocenters. The highest BCUT2D eigenvalue weighted by molar-refractivity contribution is 7.09. The van der Waals surface area contributed by atoms with Crippen LogP contribution in [0.25, 0.3) is 11.4 Å². The van der Waals surface area contributed by atoms with E-state index < -0.39 is 17.5 Å². The summed E-state index contributed by atoms with van der Waals surface area (Å²) in [7, 11) is 0. The van der Waals surface area contributed by atoms with Gasteiger partial charge in [0.15, 0.2) is 0 Å². The fourth-order valence-electron chi connectivity index (χ4n) is 2.07. The average molecular weight is 346 g/mol. The van der Waals surface area contributed by atoms with Crippen molar-refractivity contribution < 1.29 is 13.6 Å². The Morgan fingerprint density at radius 3 is 2.79 bits per heavy atom. The average Bonchev–Trinajstić information content (AvgIpc) is 2.96. The molecular weight excluding hydrogens is 334 g/mol. The Morgan fingerprint density at radius 1 is 1.25 bits per heavy atom. The minimum Gasteiger partial charge on any atom is -0.396 e. The molecule has 3 N–H and O–H groups in total. The number of amides is 1. The third-order valence-corrected chi connectivity index (χ3v) is 4.16. The number of nitrogens with two attached hydrogens (primary N) is 1. The molecule has 5 nitrogen and oxygen atoms in total. The first kappa shape index (κ1) is 16.0. The molecular formula is C16H12F2N4OS. The van der Waals surface area contributed by atoms with E-state index >= 15 is 0 Å². The number of rotatable bonds is 4. The van der Waals surface area contributed by atoms with Crippen molar-refractivity contribution in [2.75, 3.05) is 5.73 Å². The minimum absolute atomic E-state index is 0.0821. The summed E-state index contributed by atoms with van der Waals surface area (Å²) in [6.07, 6.45) is 1.60. The summed E-state index contributed by atoms with van der Waals surface area (Å²) < 4.78 is 30.6. The fourth-order valence-corrected chi connectivity index (χ4v) is 2.79. The second kappa shape index (κ2) is 6.71. The van der Waals surface area contributed by atoms with Gasteiger partial charge in [-0.25, -0.2) is 8.78 Å². The van der Waals surface area contributed by atoms with Gasteiger partial charge >= 0.3 is 0 Å². The molecule has 0 saturated heterocycles. The topological polar surface area (TPSA) is 80.9 Å². The number of hydrogen-bond acceptors (Lipinski definition) is 5. The van der Waals surface area contributed by atoms with Gasteiger partial charge in [0, 0.05) is 24.4 Å². The lowest BCUT2D eigenvalue weighted by atomic mass is 10.2. The highest BCUT2D eigenvalue weighted by atomic mass is 32.1. The van der Waals surface area contributed by atoms with Crippen LogP contribution in [0.4, 0.5) is 14.5 Å². The van der Waals surface area contributed by atoms with Crippen molar-refractivity contribution in [1.82, 2.24) is 14.7 Å². The van der Waals surface area contributed by atoms with Gasteiger partial charge in [-0.2, -0.15) is 4.37 Å². The quantitative estimate of drug-likeness (QED) is 0.761. The lowest BCUT2D eigenvalue weighted by molar-refractivity contribution is 0.0955. The van der Waals surface area contributed by atoms with E-state index in [-0.39, 0.29) is 22.7 Å². The van der Waals surface area contributed by atoms with Gasteiger partial charge in [-0.3, -0.25) is 9.78 Å². The standard InChI is InChI=1S/C16H12F2N4OS/c17-10-5-4-9(11(18)7-10)8-21-16(23)15-13(19)14(22-24-15)12-3-1-2-6-20-12/h1-7H,8,19H2,(H,21,23). The van der Waals surface area contributed by atoms with Gasteiger partial charge in [0.1, 0.15) is 22.2 Å². The summed E-state index contributed by atoms with van der Waals surface area (Å²) in [5, 5.41) is 2.55. The van der Waals surface area contributed by atoms with E-state index in [0.717, 1.165) is 23.7 Å².